The summed E-state index contributed by atoms with van der Waals surface area (Å²) in [5.41, 5.74) is 8.42. The fourth-order valence-corrected chi connectivity index (χ4v) is 3.10. The van der Waals surface area contributed by atoms with Crippen molar-refractivity contribution in [3.8, 4) is 0 Å². The predicted octanol–water partition coefficient (Wildman–Crippen LogP) is 2.84. The van der Waals surface area contributed by atoms with Crippen molar-refractivity contribution in [3.63, 3.8) is 0 Å². The number of hydrogen-bond donors (Lipinski definition) is 1. The van der Waals surface area contributed by atoms with Crippen molar-refractivity contribution in [2.45, 2.75) is 18.4 Å². The monoisotopic (exact) mass is 314 g/mol. The third-order valence-electron chi connectivity index (χ3n) is 4.21. The molecule has 2 atom stereocenters. The van der Waals surface area contributed by atoms with Gasteiger partial charge >= 0.3 is 0 Å². The highest BCUT2D eigenvalue weighted by Gasteiger charge is 2.33. The van der Waals surface area contributed by atoms with Crippen molar-refractivity contribution >= 4 is 17.5 Å². The van der Waals surface area contributed by atoms with Gasteiger partial charge in [-0.3, -0.25) is 4.79 Å². The lowest BCUT2D eigenvalue weighted by Gasteiger charge is -2.16. The Morgan fingerprint density at radius 2 is 1.77 bits per heavy atom. The molecule has 114 valence electrons. The maximum atomic E-state index is 12.5. The van der Waals surface area contributed by atoms with E-state index in [-0.39, 0.29) is 17.9 Å². The summed E-state index contributed by atoms with van der Waals surface area (Å²) in [5.74, 6) is 0.339. The fourth-order valence-electron chi connectivity index (χ4n) is 2.97. The van der Waals surface area contributed by atoms with Crippen molar-refractivity contribution in [1.29, 1.82) is 0 Å². The van der Waals surface area contributed by atoms with Crippen LogP contribution in [-0.4, -0.2) is 29.9 Å². The summed E-state index contributed by atoms with van der Waals surface area (Å²) in [6.07, 6.45) is 0.394. The number of carbonyl (C=O) groups excluding carboxylic acids is 1. The van der Waals surface area contributed by atoms with Crippen LogP contribution in [0.4, 0.5) is 0 Å². The van der Waals surface area contributed by atoms with Crippen molar-refractivity contribution < 1.29 is 4.79 Å². The van der Waals surface area contributed by atoms with E-state index in [1.165, 1.54) is 5.56 Å². The topological polar surface area (TPSA) is 46.3 Å². The van der Waals surface area contributed by atoms with Gasteiger partial charge in [0.15, 0.2) is 0 Å². The normalized spacial score (nSPS) is 21.1. The fraction of sp³-hybridized carbons (Fsp3) is 0.278. The number of nitrogens with two attached hydrogens (primary N) is 1. The van der Waals surface area contributed by atoms with E-state index in [0.717, 1.165) is 5.56 Å². The first-order chi connectivity index (χ1) is 10.6. The molecule has 1 aliphatic heterocycles. The average Bonchev–Trinajstić information content (AvgIpc) is 2.92. The summed E-state index contributed by atoms with van der Waals surface area (Å²) in [6.45, 7) is 1.31. The Kier molecular flexibility index (Phi) is 4.46. The van der Waals surface area contributed by atoms with E-state index in [4.69, 9.17) is 17.3 Å². The van der Waals surface area contributed by atoms with Crippen molar-refractivity contribution in [2.24, 2.45) is 5.73 Å². The zero-order chi connectivity index (χ0) is 15.5. The molecule has 0 bridgehead atoms. The highest BCUT2D eigenvalue weighted by atomic mass is 35.5. The standard InChI is InChI=1S/C18H19ClN2O/c19-15-8-6-13(7-9-15)10-18(22)21-11-16(17(20)12-21)14-4-2-1-3-5-14/h1-9,16-17H,10-12,20H2/t16-,17+/m0/s1. The largest absolute Gasteiger partial charge is 0.340 e. The number of halogens is 1. The van der Waals surface area contributed by atoms with Crippen molar-refractivity contribution in [1.82, 2.24) is 4.90 Å². The van der Waals surface area contributed by atoms with Crippen molar-refractivity contribution in [2.75, 3.05) is 13.1 Å². The van der Waals surface area contributed by atoms with Gasteiger partial charge in [0.25, 0.3) is 0 Å². The van der Waals surface area contributed by atoms with Crippen molar-refractivity contribution in [3.05, 3.63) is 70.7 Å². The first-order valence-electron chi connectivity index (χ1n) is 7.46. The third-order valence-corrected chi connectivity index (χ3v) is 4.47. The third kappa shape index (κ3) is 3.32. The molecule has 4 heteroatoms. The Balaban J connectivity index is 1.66. The molecule has 1 fully saturated rings. The van der Waals surface area contributed by atoms with Gasteiger partial charge in [-0.15, -0.1) is 0 Å². The quantitative estimate of drug-likeness (QED) is 0.947. The number of amides is 1. The Morgan fingerprint density at radius 3 is 2.45 bits per heavy atom. The molecule has 2 N–H and O–H groups in total. The van der Waals surface area contributed by atoms with Gasteiger partial charge in [0, 0.05) is 30.1 Å². The SMILES string of the molecule is N[C@@H]1CN(C(=O)Cc2ccc(Cl)cc2)C[C@H]1c1ccccc1. The lowest BCUT2D eigenvalue weighted by atomic mass is 9.95. The maximum Gasteiger partial charge on any atom is 0.227 e. The van der Waals surface area contributed by atoms with Crippen LogP contribution >= 0.6 is 11.6 Å². The lowest BCUT2D eigenvalue weighted by Crippen LogP contribution is -2.33. The Hall–Kier alpha value is -1.84. The first-order valence-corrected chi connectivity index (χ1v) is 7.84. The van der Waals surface area contributed by atoms with E-state index in [1.54, 1.807) is 0 Å². The molecule has 1 amide bonds. The molecule has 0 spiro atoms. The molecule has 1 saturated heterocycles. The van der Waals surface area contributed by atoms with Gasteiger partial charge in [-0.25, -0.2) is 0 Å². The molecule has 2 aromatic carbocycles. The smallest absolute Gasteiger partial charge is 0.227 e. The highest BCUT2D eigenvalue weighted by molar-refractivity contribution is 6.30. The van der Waals surface area contributed by atoms with E-state index >= 15 is 0 Å². The molecule has 0 saturated carbocycles. The van der Waals surface area contributed by atoms with E-state index in [9.17, 15) is 4.79 Å². The zero-order valence-electron chi connectivity index (χ0n) is 12.3. The molecular formula is C18H19ClN2O. The lowest BCUT2D eigenvalue weighted by molar-refractivity contribution is -0.129. The summed E-state index contributed by atoms with van der Waals surface area (Å²) in [4.78, 5) is 14.3. The van der Waals surface area contributed by atoms with Crippen LogP contribution in [0.3, 0.4) is 0 Å². The van der Waals surface area contributed by atoms with Crippen LogP contribution in [0, 0.1) is 0 Å². The molecule has 1 aliphatic rings. The zero-order valence-corrected chi connectivity index (χ0v) is 13.0. The predicted molar refractivity (Wildman–Crippen MR) is 88.9 cm³/mol. The summed E-state index contributed by atoms with van der Waals surface area (Å²) < 4.78 is 0. The molecule has 0 radical (unpaired) electrons. The molecule has 1 heterocycles. The second-order valence-corrected chi connectivity index (χ2v) is 6.22. The van der Waals surface area contributed by atoms with E-state index < -0.39 is 0 Å². The molecule has 0 aliphatic carbocycles. The summed E-state index contributed by atoms with van der Waals surface area (Å²) in [5, 5.41) is 0.684. The van der Waals surface area contributed by atoms with Gasteiger partial charge in [-0.2, -0.15) is 0 Å². The number of rotatable bonds is 3. The Morgan fingerprint density at radius 1 is 1.09 bits per heavy atom. The summed E-state index contributed by atoms with van der Waals surface area (Å²) >= 11 is 5.87. The maximum absolute atomic E-state index is 12.5. The molecule has 3 nitrogen and oxygen atoms in total. The van der Waals surface area contributed by atoms with Crippen LogP contribution in [-0.2, 0) is 11.2 Å². The minimum atomic E-state index is -0.00318. The molecular weight excluding hydrogens is 296 g/mol. The molecule has 3 rings (SSSR count). The Labute approximate surface area is 135 Å². The minimum Gasteiger partial charge on any atom is -0.340 e. The first kappa shape index (κ1) is 15.1. The summed E-state index contributed by atoms with van der Waals surface area (Å²) in [7, 11) is 0. The van der Waals surface area contributed by atoms with Crippen LogP contribution in [0.25, 0.3) is 0 Å². The molecule has 22 heavy (non-hydrogen) atoms. The summed E-state index contributed by atoms with van der Waals surface area (Å²) in [6, 6.07) is 17.6. The van der Waals surface area contributed by atoms with Crippen LogP contribution in [0.15, 0.2) is 54.6 Å². The highest BCUT2D eigenvalue weighted by Crippen LogP contribution is 2.26. The number of nitrogens with zero attached hydrogens (tertiary/aromatic N) is 1. The van der Waals surface area contributed by atoms with Crippen LogP contribution < -0.4 is 5.73 Å². The Bertz CT molecular complexity index is 642. The average molecular weight is 315 g/mol. The van der Waals surface area contributed by atoms with Crippen LogP contribution in [0.2, 0.25) is 5.02 Å². The van der Waals surface area contributed by atoms with Gasteiger partial charge in [-0.1, -0.05) is 54.1 Å². The van der Waals surface area contributed by atoms with E-state index in [1.807, 2.05) is 47.4 Å². The van der Waals surface area contributed by atoms with Gasteiger partial charge in [0.05, 0.1) is 6.42 Å². The minimum absolute atomic E-state index is 0.00318. The second kappa shape index (κ2) is 6.51. The van der Waals surface area contributed by atoms with E-state index in [2.05, 4.69) is 12.1 Å². The second-order valence-electron chi connectivity index (χ2n) is 5.78. The van der Waals surface area contributed by atoms with Gasteiger partial charge in [-0.05, 0) is 23.3 Å². The number of hydrogen-bond acceptors (Lipinski definition) is 2. The molecule has 0 aromatic heterocycles. The van der Waals surface area contributed by atoms with E-state index in [0.29, 0.717) is 24.5 Å². The molecule has 0 unspecified atom stereocenters. The molecule has 2 aromatic rings. The number of carbonyl (C=O) groups is 1. The van der Waals surface area contributed by atoms with Crippen LogP contribution in [0.5, 0.6) is 0 Å². The van der Waals surface area contributed by atoms with Gasteiger partial charge in [0.2, 0.25) is 5.91 Å². The van der Waals surface area contributed by atoms with Gasteiger partial charge in [0.1, 0.15) is 0 Å². The number of benzene rings is 2. The van der Waals surface area contributed by atoms with Gasteiger partial charge < -0.3 is 10.6 Å². The number of likely N-dealkylation sites (tertiary alicyclic amines) is 1. The van der Waals surface area contributed by atoms with Crippen LogP contribution in [0.1, 0.15) is 17.0 Å².